The van der Waals surface area contributed by atoms with Crippen LogP contribution in [-0.4, -0.2) is 53.2 Å². The van der Waals surface area contributed by atoms with Crippen molar-refractivity contribution in [3.05, 3.63) is 82.1 Å². The average molecular weight is 594 g/mol. The van der Waals surface area contributed by atoms with E-state index in [-0.39, 0.29) is 35.3 Å². The summed E-state index contributed by atoms with van der Waals surface area (Å²) in [7, 11) is 1.41. The molecule has 2 aromatic rings. The van der Waals surface area contributed by atoms with Crippen LogP contribution in [0.25, 0.3) is 0 Å². The summed E-state index contributed by atoms with van der Waals surface area (Å²) in [6.07, 6.45) is -6.40. The van der Waals surface area contributed by atoms with Crippen LogP contribution >= 0.6 is 0 Å². The summed E-state index contributed by atoms with van der Waals surface area (Å²) < 4.78 is 81.2. The number of amides is 2. The maximum Gasteiger partial charge on any atom is 0.416 e. The molecule has 1 aliphatic carbocycles. The lowest BCUT2D eigenvalue weighted by Crippen LogP contribution is -2.51. The fourth-order valence-corrected chi connectivity index (χ4v) is 6.64. The second kappa shape index (κ2) is 11.0. The van der Waals surface area contributed by atoms with E-state index in [9.17, 15) is 35.9 Å². The Morgan fingerprint density at radius 3 is 2.19 bits per heavy atom. The minimum atomic E-state index is -4.98. The van der Waals surface area contributed by atoms with Gasteiger partial charge in [0.2, 0.25) is 0 Å². The van der Waals surface area contributed by atoms with Gasteiger partial charge in [0.25, 0.3) is 0 Å². The molecule has 3 aliphatic rings. The van der Waals surface area contributed by atoms with Crippen molar-refractivity contribution < 1.29 is 35.9 Å². The molecule has 42 heavy (non-hydrogen) atoms. The number of halogens is 6. The van der Waals surface area contributed by atoms with Crippen LogP contribution in [0, 0.1) is 18.8 Å². The van der Waals surface area contributed by atoms with Gasteiger partial charge in [-0.3, -0.25) is 4.79 Å². The van der Waals surface area contributed by atoms with Gasteiger partial charge in [-0.15, -0.1) is 0 Å². The van der Waals surface area contributed by atoms with Crippen LogP contribution < -0.4 is 0 Å². The minimum Gasteiger partial charge on any atom is -0.374 e. The Morgan fingerprint density at radius 1 is 0.976 bits per heavy atom. The van der Waals surface area contributed by atoms with Crippen LogP contribution in [0.15, 0.2) is 54.2 Å². The number of urea groups is 1. The first-order chi connectivity index (χ1) is 19.6. The molecular weight excluding hydrogens is 560 g/mol. The zero-order chi connectivity index (χ0) is 30.6. The third kappa shape index (κ3) is 5.74. The summed E-state index contributed by atoms with van der Waals surface area (Å²) >= 11 is 0. The average Bonchev–Trinajstić information content (AvgIpc) is 3.56. The molecule has 5 rings (SSSR count). The second-order valence-electron chi connectivity index (χ2n) is 11.6. The van der Waals surface area contributed by atoms with Crippen molar-refractivity contribution in [2.45, 2.75) is 57.5 Å². The van der Waals surface area contributed by atoms with E-state index >= 15 is 0 Å². The number of alkyl halides is 6. The largest absolute Gasteiger partial charge is 0.416 e. The Labute approximate surface area is 240 Å². The molecule has 3 unspecified atom stereocenters. The number of likely N-dealkylation sites (tertiary alicyclic amines) is 2. The van der Waals surface area contributed by atoms with Crippen molar-refractivity contribution in [3.8, 4) is 0 Å². The first-order valence-corrected chi connectivity index (χ1v) is 14.0. The zero-order valence-electron chi connectivity index (χ0n) is 23.6. The molecule has 2 aliphatic heterocycles. The van der Waals surface area contributed by atoms with Gasteiger partial charge in [0.1, 0.15) is 0 Å². The van der Waals surface area contributed by atoms with E-state index < -0.39 is 35.6 Å². The normalized spacial score (nSPS) is 23.6. The maximum absolute atomic E-state index is 14.1. The Hall–Kier alpha value is -3.50. The zero-order valence-corrected chi connectivity index (χ0v) is 23.6. The summed E-state index contributed by atoms with van der Waals surface area (Å²) in [5.41, 5.74) is -0.128. The molecule has 11 heteroatoms. The van der Waals surface area contributed by atoms with E-state index in [2.05, 4.69) is 4.90 Å². The topological polar surface area (TPSA) is 43.9 Å². The highest BCUT2D eigenvalue weighted by Gasteiger charge is 2.48. The molecule has 2 aromatic carbocycles. The standard InChI is InChI=1S/C31H33F6N3O2/c1-18-6-4-5-7-26(18)28-27-17-39(24-8-9-25(41)15-24)16-20(27)10-11-40(28)29(42)38(3)19(2)21-12-22(30(32,33)34)14-23(13-21)31(35,36)37/h4-7,12-15,19-20,27-28H,8-11,16-17H2,1-3H3/t19?,20?,27-,28?/m1/s1. The Balaban J connectivity index is 1.47. The van der Waals surface area contributed by atoms with E-state index in [1.54, 1.807) is 11.0 Å². The van der Waals surface area contributed by atoms with Gasteiger partial charge in [0, 0.05) is 50.8 Å². The van der Waals surface area contributed by atoms with Gasteiger partial charge in [-0.2, -0.15) is 26.3 Å². The molecular formula is C31H33F6N3O2. The van der Waals surface area contributed by atoms with E-state index in [0.29, 0.717) is 44.5 Å². The molecule has 0 N–H and O–H groups in total. The first-order valence-electron chi connectivity index (χ1n) is 14.0. The van der Waals surface area contributed by atoms with Crippen LogP contribution in [0.3, 0.4) is 0 Å². The predicted molar refractivity (Wildman–Crippen MR) is 144 cm³/mol. The predicted octanol–water partition coefficient (Wildman–Crippen LogP) is 7.39. The van der Waals surface area contributed by atoms with Crippen molar-refractivity contribution in [2.24, 2.45) is 11.8 Å². The number of nitrogens with zero attached hydrogens (tertiary/aromatic N) is 3. The SMILES string of the molecule is Cc1ccccc1C1[C@@H]2CN(C3=CC(=O)CC3)CC2CCN1C(=O)N(C)C(C)c1cc(C(F)(F)F)cc(C(F)(F)F)c1. The molecule has 0 aromatic heterocycles. The number of carbonyl (C=O) groups excluding carboxylic acids is 2. The molecule has 2 fully saturated rings. The summed E-state index contributed by atoms with van der Waals surface area (Å²) in [6.45, 7) is 5.20. The molecule has 0 bridgehead atoms. The first kappa shape index (κ1) is 30.0. The lowest BCUT2D eigenvalue weighted by molar-refractivity contribution is -0.143. The highest BCUT2D eigenvalue weighted by molar-refractivity contribution is 5.92. The number of allylic oxidation sites excluding steroid dienone is 2. The second-order valence-corrected chi connectivity index (χ2v) is 11.6. The van der Waals surface area contributed by atoms with Gasteiger partial charge in [-0.25, -0.2) is 4.79 Å². The lowest BCUT2D eigenvalue weighted by Gasteiger charge is -2.45. The van der Waals surface area contributed by atoms with Crippen molar-refractivity contribution in [1.82, 2.24) is 14.7 Å². The van der Waals surface area contributed by atoms with Crippen molar-refractivity contribution in [3.63, 3.8) is 0 Å². The third-order valence-electron chi connectivity index (χ3n) is 9.06. The molecule has 226 valence electrons. The van der Waals surface area contributed by atoms with E-state index in [0.717, 1.165) is 23.4 Å². The molecule has 2 amide bonds. The van der Waals surface area contributed by atoms with Crippen LogP contribution in [0.4, 0.5) is 31.1 Å². The number of fused-ring (bicyclic) bond motifs is 1. The number of carbonyl (C=O) groups is 2. The molecule has 0 saturated carbocycles. The molecule has 4 atom stereocenters. The number of ketones is 1. The fraction of sp³-hybridized carbons (Fsp3) is 0.484. The van der Waals surface area contributed by atoms with E-state index in [4.69, 9.17) is 0 Å². The summed E-state index contributed by atoms with van der Waals surface area (Å²) in [6, 6.07) is 7.31. The van der Waals surface area contributed by atoms with Gasteiger partial charge in [0.15, 0.2) is 5.78 Å². The van der Waals surface area contributed by atoms with Gasteiger partial charge in [-0.1, -0.05) is 24.3 Å². The van der Waals surface area contributed by atoms with E-state index in [1.165, 1.54) is 18.9 Å². The molecule has 0 radical (unpaired) electrons. The molecule has 2 saturated heterocycles. The number of piperidine rings is 1. The Bertz CT molecular complexity index is 1370. The number of hydrogen-bond acceptors (Lipinski definition) is 3. The number of hydrogen-bond donors (Lipinski definition) is 0. The van der Waals surface area contributed by atoms with Crippen LogP contribution in [-0.2, 0) is 17.1 Å². The fourth-order valence-electron chi connectivity index (χ4n) is 6.64. The van der Waals surface area contributed by atoms with Crippen molar-refractivity contribution >= 4 is 11.8 Å². The van der Waals surface area contributed by atoms with E-state index in [1.807, 2.05) is 31.2 Å². The molecule has 2 heterocycles. The smallest absolute Gasteiger partial charge is 0.374 e. The summed E-state index contributed by atoms with van der Waals surface area (Å²) in [5.74, 6) is 0.399. The highest BCUT2D eigenvalue weighted by atomic mass is 19.4. The van der Waals surface area contributed by atoms with Crippen LogP contribution in [0.1, 0.15) is 66.1 Å². The van der Waals surface area contributed by atoms with Crippen molar-refractivity contribution in [2.75, 3.05) is 26.7 Å². The summed E-state index contributed by atoms with van der Waals surface area (Å²) in [5, 5.41) is 0. The van der Waals surface area contributed by atoms with Crippen LogP contribution in [0.2, 0.25) is 0 Å². The monoisotopic (exact) mass is 593 g/mol. The van der Waals surface area contributed by atoms with Crippen LogP contribution in [0.5, 0.6) is 0 Å². The van der Waals surface area contributed by atoms with Gasteiger partial charge in [0.05, 0.1) is 23.2 Å². The van der Waals surface area contributed by atoms with Gasteiger partial charge >= 0.3 is 18.4 Å². The van der Waals surface area contributed by atoms with Gasteiger partial charge < -0.3 is 14.7 Å². The van der Waals surface area contributed by atoms with Crippen molar-refractivity contribution in [1.29, 1.82) is 0 Å². The molecule has 0 spiro atoms. The number of benzene rings is 2. The lowest BCUT2D eigenvalue weighted by atomic mass is 9.78. The third-order valence-corrected chi connectivity index (χ3v) is 9.06. The van der Waals surface area contributed by atoms with Gasteiger partial charge in [-0.05, 0) is 67.5 Å². The Kier molecular flexibility index (Phi) is 7.83. The highest BCUT2D eigenvalue weighted by Crippen LogP contribution is 2.47. The quantitative estimate of drug-likeness (QED) is 0.348. The summed E-state index contributed by atoms with van der Waals surface area (Å²) in [4.78, 5) is 31.2. The number of rotatable bonds is 4. The maximum atomic E-state index is 14.1. The minimum absolute atomic E-state index is 0.0366. The number of aryl methyl sites for hydroxylation is 1. The Morgan fingerprint density at radius 2 is 1.62 bits per heavy atom. The molecule has 5 nitrogen and oxygen atoms in total.